The van der Waals surface area contributed by atoms with Crippen LogP contribution in [-0.2, 0) is 9.47 Å². The Hall–Kier alpha value is -1.59. The zero-order chi connectivity index (χ0) is 18.7. The number of hydrogen-bond donors (Lipinski definition) is 2. The van der Waals surface area contributed by atoms with E-state index in [-0.39, 0.29) is 6.10 Å². The lowest BCUT2D eigenvalue weighted by atomic mass is 9.95. The van der Waals surface area contributed by atoms with Gasteiger partial charge in [0.25, 0.3) is 0 Å². The largest absolute Gasteiger partial charge is 0.378 e. The van der Waals surface area contributed by atoms with Crippen molar-refractivity contribution in [1.29, 1.82) is 0 Å². The predicted molar refractivity (Wildman–Crippen MR) is 110 cm³/mol. The Kier molecular flexibility index (Phi) is 8.43. The smallest absolute Gasteiger partial charge is 0.190 e. The van der Waals surface area contributed by atoms with E-state index in [0.29, 0.717) is 12.0 Å². The first-order valence-corrected chi connectivity index (χ1v) is 10.6. The number of guanidine groups is 1. The third kappa shape index (κ3) is 6.51. The van der Waals surface area contributed by atoms with E-state index in [9.17, 15) is 0 Å². The summed E-state index contributed by atoms with van der Waals surface area (Å²) in [6.07, 6.45) is 9.28. The highest BCUT2D eigenvalue weighted by molar-refractivity contribution is 5.79. The Morgan fingerprint density at radius 1 is 1.11 bits per heavy atom. The van der Waals surface area contributed by atoms with E-state index in [1.807, 2.05) is 7.05 Å². The van der Waals surface area contributed by atoms with Gasteiger partial charge in [-0.3, -0.25) is 4.99 Å². The van der Waals surface area contributed by atoms with Crippen LogP contribution in [0.3, 0.4) is 0 Å². The molecule has 27 heavy (non-hydrogen) atoms. The van der Waals surface area contributed by atoms with E-state index in [0.717, 1.165) is 45.1 Å². The van der Waals surface area contributed by atoms with Crippen LogP contribution < -0.4 is 10.6 Å². The Morgan fingerprint density at radius 3 is 2.70 bits per heavy atom. The highest BCUT2D eigenvalue weighted by Crippen LogP contribution is 2.33. The maximum absolute atomic E-state index is 5.99. The number of nitrogens with one attached hydrogen (secondary N) is 2. The van der Waals surface area contributed by atoms with Crippen molar-refractivity contribution < 1.29 is 9.47 Å². The Labute approximate surface area is 163 Å². The van der Waals surface area contributed by atoms with E-state index in [1.54, 1.807) is 0 Å². The van der Waals surface area contributed by atoms with Gasteiger partial charge in [-0.1, -0.05) is 49.6 Å². The van der Waals surface area contributed by atoms with Crippen LogP contribution in [-0.4, -0.2) is 45.4 Å². The number of hydrogen-bond acceptors (Lipinski definition) is 3. The molecule has 0 spiro atoms. The third-order valence-electron chi connectivity index (χ3n) is 5.62. The molecule has 2 N–H and O–H groups in total. The SMILES string of the molecule is CN=C(NCCCOC1CCCCC1)NCC1CCOC1c1ccccc1. The molecule has 2 atom stereocenters. The van der Waals surface area contributed by atoms with Gasteiger partial charge in [0.05, 0.1) is 12.2 Å². The van der Waals surface area contributed by atoms with Gasteiger partial charge in [0.15, 0.2) is 5.96 Å². The number of rotatable bonds is 8. The quantitative estimate of drug-likeness (QED) is 0.415. The molecule has 0 amide bonds. The van der Waals surface area contributed by atoms with Crippen molar-refractivity contribution in [1.82, 2.24) is 10.6 Å². The first-order valence-electron chi connectivity index (χ1n) is 10.6. The van der Waals surface area contributed by atoms with Gasteiger partial charge in [0.1, 0.15) is 0 Å². The average molecular weight is 374 g/mol. The molecule has 1 heterocycles. The molecule has 5 nitrogen and oxygen atoms in total. The second-order valence-corrected chi connectivity index (χ2v) is 7.62. The predicted octanol–water partition coefficient (Wildman–Crippen LogP) is 3.67. The molecular formula is C22H35N3O2. The van der Waals surface area contributed by atoms with E-state index in [4.69, 9.17) is 9.47 Å². The Bertz CT molecular complexity index is 558. The first-order chi connectivity index (χ1) is 13.4. The molecule has 3 rings (SSSR count). The molecule has 2 fully saturated rings. The number of aliphatic imine (C=N–C) groups is 1. The molecule has 150 valence electrons. The molecule has 0 radical (unpaired) electrons. The Balaban J connectivity index is 1.32. The second kappa shape index (κ2) is 11.3. The van der Waals surface area contributed by atoms with Crippen LogP contribution in [0.1, 0.15) is 56.6 Å². The lowest BCUT2D eigenvalue weighted by Gasteiger charge is -2.22. The minimum absolute atomic E-state index is 0.181. The molecule has 1 aromatic rings. The Morgan fingerprint density at radius 2 is 1.93 bits per heavy atom. The van der Waals surface area contributed by atoms with Crippen molar-refractivity contribution in [2.24, 2.45) is 10.9 Å². The minimum atomic E-state index is 0.181. The zero-order valence-corrected chi connectivity index (χ0v) is 16.7. The van der Waals surface area contributed by atoms with E-state index in [1.165, 1.54) is 37.7 Å². The molecule has 1 saturated carbocycles. The maximum atomic E-state index is 5.99. The summed E-state index contributed by atoms with van der Waals surface area (Å²) >= 11 is 0. The van der Waals surface area contributed by atoms with Crippen molar-refractivity contribution >= 4 is 5.96 Å². The zero-order valence-electron chi connectivity index (χ0n) is 16.7. The summed E-state index contributed by atoms with van der Waals surface area (Å²) in [5.74, 6) is 1.34. The standard InChI is InChI=1S/C22H35N3O2/c1-23-22(24-14-8-15-26-20-11-6-3-7-12-20)25-17-19-13-16-27-21(19)18-9-4-2-5-10-18/h2,4-5,9-10,19-21H,3,6-8,11-17H2,1H3,(H2,23,24,25). The van der Waals surface area contributed by atoms with Crippen molar-refractivity contribution in [2.45, 2.75) is 57.2 Å². The van der Waals surface area contributed by atoms with Gasteiger partial charge in [-0.05, 0) is 31.2 Å². The highest BCUT2D eigenvalue weighted by atomic mass is 16.5. The van der Waals surface area contributed by atoms with Gasteiger partial charge in [-0.25, -0.2) is 0 Å². The van der Waals surface area contributed by atoms with Crippen LogP contribution in [0.2, 0.25) is 0 Å². The summed E-state index contributed by atoms with van der Waals surface area (Å²) in [5, 5.41) is 6.87. The van der Waals surface area contributed by atoms with Crippen LogP contribution in [0.4, 0.5) is 0 Å². The number of nitrogens with zero attached hydrogens (tertiary/aromatic N) is 1. The molecular weight excluding hydrogens is 338 g/mol. The summed E-state index contributed by atoms with van der Waals surface area (Å²) in [4.78, 5) is 4.35. The number of benzene rings is 1. The van der Waals surface area contributed by atoms with Gasteiger partial charge in [0.2, 0.25) is 0 Å². The topological polar surface area (TPSA) is 54.9 Å². The fourth-order valence-corrected chi connectivity index (χ4v) is 4.06. The molecule has 1 aliphatic carbocycles. The van der Waals surface area contributed by atoms with Gasteiger partial charge in [0, 0.05) is 39.3 Å². The van der Waals surface area contributed by atoms with E-state index in [2.05, 4.69) is 46.0 Å². The van der Waals surface area contributed by atoms with Crippen LogP contribution in [0, 0.1) is 5.92 Å². The molecule has 5 heteroatoms. The van der Waals surface area contributed by atoms with Crippen molar-refractivity contribution in [3.8, 4) is 0 Å². The average Bonchev–Trinajstić information content (AvgIpc) is 3.20. The summed E-state index contributed by atoms with van der Waals surface area (Å²) in [7, 11) is 1.83. The summed E-state index contributed by atoms with van der Waals surface area (Å²) in [5.41, 5.74) is 1.27. The van der Waals surface area contributed by atoms with Gasteiger partial charge in [-0.15, -0.1) is 0 Å². The lowest BCUT2D eigenvalue weighted by Crippen LogP contribution is -2.40. The molecule has 2 aliphatic rings. The fraction of sp³-hybridized carbons (Fsp3) is 0.682. The number of ether oxygens (including phenoxy) is 2. The minimum Gasteiger partial charge on any atom is -0.378 e. The van der Waals surface area contributed by atoms with Crippen molar-refractivity contribution in [3.63, 3.8) is 0 Å². The molecule has 0 bridgehead atoms. The van der Waals surface area contributed by atoms with Crippen LogP contribution >= 0.6 is 0 Å². The molecule has 0 aromatic heterocycles. The lowest BCUT2D eigenvalue weighted by molar-refractivity contribution is 0.0277. The molecule has 1 saturated heterocycles. The summed E-state index contributed by atoms with van der Waals surface area (Å²) in [6, 6.07) is 10.5. The normalized spacial score (nSPS) is 24.1. The van der Waals surface area contributed by atoms with Crippen molar-refractivity contribution in [2.75, 3.05) is 33.4 Å². The highest BCUT2D eigenvalue weighted by Gasteiger charge is 2.29. The second-order valence-electron chi connectivity index (χ2n) is 7.62. The summed E-state index contributed by atoms with van der Waals surface area (Å²) < 4.78 is 12.0. The summed E-state index contributed by atoms with van der Waals surface area (Å²) in [6.45, 7) is 3.42. The van der Waals surface area contributed by atoms with Gasteiger partial charge in [-0.2, -0.15) is 0 Å². The van der Waals surface area contributed by atoms with Crippen LogP contribution in [0.5, 0.6) is 0 Å². The maximum Gasteiger partial charge on any atom is 0.190 e. The first kappa shape index (κ1) is 20.2. The fourth-order valence-electron chi connectivity index (χ4n) is 4.06. The third-order valence-corrected chi connectivity index (χ3v) is 5.62. The van der Waals surface area contributed by atoms with Crippen molar-refractivity contribution in [3.05, 3.63) is 35.9 Å². The monoisotopic (exact) mass is 373 g/mol. The molecule has 2 unspecified atom stereocenters. The van der Waals surface area contributed by atoms with Gasteiger partial charge >= 0.3 is 0 Å². The van der Waals surface area contributed by atoms with Gasteiger partial charge < -0.3 is 20.1 Å². The van der Waals surface area contributed by atoms with E-state index >= 15 is 0 Å². The molecule has 1 aliphatic heterocycles. The van der Waals surface area contributed by atoms with E-state index < -0.39 is 0 Å². The van der Waals surface area contributed by atoms with Crippen LogP contribution in [0.15, 0.2) is 35.3 Å². The molecule has 1 aromatic carbocycles. The van der Waals surface area contributed by atoms with Crippen LogP contribution in [0.25, 0.3) is 0 Å².